The van der Waals surface area contributed by atoms with E-state index in [1.54, 1.807) is 0 Å². The maximum Gasteiger partial charge on any atom is 0.586 e. The number of fused-ring (bicyclic) bond motifs is 1. The number of ether oxygens (including phenoxy) is 3. The van der Waals surface area contributed by atoms with E-state index in [1.165, 1.54) is 56.4 Å². The van der Waals surface area contributed by atoms with Gasteiger partial charge < -0.3 is 28.6 Å². The van der Waals surface area contributed by atoms with Crippen molar-refractivity contribution < 1.29 is 58.9 Å². The smallest absolute Gasteiger partial charge is 0.440 e. The van der Waals surface area contributed by atoms with E-state index in [-0.39, 0.29) is 88.7 Å². The van der Waals surface area contributed by atoms with Gasteiger partial charge >= 0.3 is 12.2 Å². The second kappa shape index (κ2) is 13.0. The van der Waals surface area contributed by atoms with Crippen LogP contribution in [0.4, 0.5) is 22.0 Å². The first-order chi connectivity index (χ1) is 25.0. The molecule has 2 aliphatic rings. The third-order valence-electron chi connectivity index (χ3n) is 8.76. The molecule has 0 spiro atoms. The summed E-state index contributed by atoms with van der Waals surface area (Å²) in [5.74, 6) is -6.85. The Morgan fingerprint density at radius 2 is 1.66 bits per heavy atom. The summed E-state index contributed by atoms with van der Waals surface area (Å²) in [7, 11) is -2.63. The molecule has 4 heterocycles. The Balaban J connectivity index is 1.41. The molecule has 5 aromatic rings. The van der Waals surface area contributed by atoms with Crippen LogP contribution < -0.4 is 9.47 Å². The highest BCUT2D eigenvalue weighted by molar-refractivity contribution is 7.90. The quantitative estimate of drug-likeness (QED) is 0.196. The fourth-order valence-corrected chi connectivity index (χ4v) is 7.20. The first-order valence-electron chi connectivity index (χ1n) is 15.9. The Bertz CT molecular complexity index is 2390. The van der Waals surface area contributed by atoms with E-state index in [1.807, 2.05) is 0 Å². The number of nitrogens with zero attached hydrogens (tertiary/aromatic N) is 4. The van der Waals surface area contributed by atoms with Gasteiger partial charge in [-0.2, -0.15) is 13.9 Å². The summed E-state index contributed by atoms with van der Waals surface area (Å²) in [5, 5.41) is 13.7. The van der Waals surface area contributed by atoms with Gasteiger partial charge in [-0.1, -0.05) is 12.1 Å². The maximum absolute atomic E-state index is 15.7. The third kappa shape index (κ3) is 6.61. The molecule has 2 aromatic heterocycles. The highest BCUT2D eigenvalue weighted by Crippen LogP contribution is 2.46. The lowest BCUT2D eigenvalue weighted by molar-refractivity contribution is -0.286. The molecule has 0 bridgehead atoms. The maximum atomic E-state index is 15.7. The van der Waals surface area contributed by atoms with Gasteiger partial charge in [0.25, 0.3) is 5.91 Å². The molecule has 1 fully saturated rings. The summed E-state index contributed by atoms with van der Waals surface area (Å²) in [5.41, 5.74) is -0.162. The van der Waals surface area contributed by atoms with Gasteiger partial charge in [0, 0.05) is 55.6 Å². The van der Waals surface area contributed by atoms with Crippen molar-refractivity contribution in [1.82, 2.24) is 19.7 Å². The molecule has 7 rings (SSSR count). The molecule has 0 atom stereocenters. The number of aliphatic hydroxyl groups excluding tert-OH is 1. The standard InChI is InChI=1S/C35H29F5N4O8S/c1-18-41-31(20-5-7-27-28(14-20)52-35(39,40)51-27)32(50-18)23-12-19(21-13-25(36)24(17-45)29(15-21)53(3,47)48)4-6-22(23)26-16-30(42-43(26)2)34(37,38)33(46)44-8-10-49-11-9-44/h4-7,12-16,45H,8-11,17H2,1-3H3. The molecule has 3 aromatic carbocycles. The fourth-order valence-electron chi connectivity index (χ4n) is 6.25. The summed E-state index contributed by atoms with van der Waals surface area (Å²) in [4.78, 5) is 18.0. The molecule has 53 heavy (non-hydrogen) atoms. The van der Waals surface area contributed by atoms with Crippen molar-refractivity contribution in [2.75, 3.05) is 32.6 Å². The molecule has 1 amide bonds. The number of benzene rings is 3. The molecule has 0 unspecified atom stereocenters. The second-order valence-corrected chi connectivity index (χ2v) is 14.4. The Hall–Kier alpha value is -5.33. The number of sulfone groups is 1. The molecule has 12 nitrogen and oxygen atoms in total. The van der Waals surface area contributed by atoms with Crippen LogP contribution in [-0.2, 0) is 38.9 Å². The molecule has 278 valence electrons. The molecular weight excluding hydrogens is 731 g/mol. The number of carbonyl (C=O) groups is 1. The Labute approximate surface area is 298 Å². The van der Waals surface area contributed by atoms with Crippen LogP contribution in [0, 0.1) is 12.7 Å². The third-order valence-corrected chi connectivity index (χ3v) is 9.93. The largest absolute Gasteiger partial charge is 0.586 e. The van der Waals surface area contributed by atoms with Crippen LogP contribution >= 0.6 is 0 Å². The van der Waals surface area contributed by atoms with Gasteiger partial charge in [0.05, 0.1) is 30.4 Å². The Morgan fingerprint density at radius 3 is 2.36 bits per heavy atom. The van der Waals surface area contributed by atoms with Crippen molar-refractivity contribution in [2.24, 2.45) is 7.05 Å². The summed E-state index contributed by atoms with van der Waals surface area (Å²) in [6.07, 6.45) is -3.04. The number of aliphatic hydroxyl groups is 1. The highest BCUT2D eigenvalue weighted by atomic mass is 32.2. The highest BCUT2D eigenvalue weighted by Gasteiger charge is 2.47. The predicted octanol–water partition coefficient (Wildman–Crippen LogP) is 5.69. The number of aromatic nitrogens is 3. The van der Waals surface area contributed by atoms with E-state index >= 15 is 13.2 Å². The second-order valence-electron chi connectivity index (χ2n) is 12.4. The number of halogens is 5. The van der Waals surface area contributed by atoms with Crippen molar-refractivity contribution in [3.63, 3.8) is 0 Å². The molecule has 2 aliphatic heterocycles. The van der Waals surface area contributed by atoms with E-state index in [0.717, 1.165) is 28.0 Å². The average molecular weight is 761 g/mol. The molecule has 1 saturated heterocycles. The van der Waals surface area contributed by atoms with Crippen LogP contribution in [-0.4, -0.2) is 77.9 Å². The number of amides is 1. The van der Waals surface area contributed by atoms with Gasteiger partial charge in [0.15, 0.2) is 33.0 Å². The number of hydrogen-bond donors (Lipinski definition) is 1. The first kappa shape index (κ1) is 36.0. The van der Waals surface area contributed by atoms with E-state index in [0.29, 0.717) is 0 Å². The van der Waals surface area contributed by atoms with Gasteiger partial charge in [0.1, 0.15) is 17.2 Å². The molecule has 1 N–H and O–H groups in total. The first-order valence-corrected chi connectivity index (χ1v) is 17.8. The zero-order chi connectivity index (χ0) is 38.0. The molecule has 0 aliphatic carbocycles. The number of oxazole rings is 1. The van der Waals surface area contributed by atoms with Gasteiger partial charge in [-0.25, -0.2) is 17.8 Å². The van der Waals surface area contributed by atoms with E-state index < -0.39 is 56.5 Å². The SMILES string of the molecule is Cc1nc(-c2ccc3c(c2)OC(F)(F)O3)c(-c2cc(-c3cc(F)c(CO)c(S(C)(=O)=O)c3)ccc2-c2cc(C(F)(F)C(=O)N3CCOCC3)nn2C)o1. The zero-order valence-corrected chi connectivity index (χ0v) is 28.9. The van der Waals surface area contributed by atoms with Gasteiger partial charge in [0.2, 0.25) is 0 Å². The molecule has 0 radical (unpaired) electrons. The minimum absolute atomic E-state index is 0.0136. The fraction of sp³-hybridized carbons (Fsp3) is 0.286. The zero-order valence-electron chi connectivity index (χ0n) is 28.1. The molecule has 18 heteroatoms. The van der Waals surface area contributed by atoms with Crippen LogP contribution in [0.3, 0.4) is 0 Å². The van der Waals surface area contributed by atoms with Crippen LogP contribution in [0.2, 0.25) is 0 Å². The minimum atomic E-state index is -4.02. The predicted molar refractivity (Wildman–Crippen MR) is 176 cm³/mol. The summed E-state index contributed by atoms with van der Waals surface area (Å²) in [6.45, 7) is 0.793. The Kier molecular flexibility index (Phi) is 8.81. The van der Waals surface area contributed by atoms with Gasteiger partial charge in [-0.3, -0.25) is 9.48 Å². The number of hydrogen-bond acceptors (Lipinski definition) is 10. The van der Waals surface area contributed by atoms with Crippen molar-refractivity contribution in [2.45, 2.75) is 30.6 Å². The lowest BCUT2D eigenvalue weighted by Gasteiger charge is -2.29. The number of morpholine rings is 1. The number of aryl methyl sites for hydroxylation is 2. The van der Waals surface area contributed by atoms with Crippen molar-refractivity contribution in [3.8, 4) is 56.5 Å². The van der Waals surface area contributed by atoms with Gasteiger partial charge in [-0.05, 0) is 53.6 Å². The van der Waals surface area contributed by atoms with Crippen molar-refractivity contribution in [3.05, 3.63) is 77.6 Å². The number of rotatable bonds is 8. The topological polar surface area (TPSA) is 146 Å². The van der Waals surface area contributed by atoms with Crippen molar-refractivity contribution >= 4 is 15.7 Å². The minimum Gasteiger partial charge on any atom is -0.440 e. The lowest BCUT2D eigenvalue weighted by Crippen LogP contribution is -2.47. The molecular formula is C35H29F5N4O8S. The monoisotopic (exact) mass is 760 g/mol. The Morgan fingerprint density at radius 1 is 0.962 bits per heavy atom. The van der Waals surface area contributed by atoms with Crippen molar-refractivity contribution in [1.29, 1.82) is 0 Å². The van der Waals surface area contributed by atoms with Crippen LogP contribution in [0.15, 0.2) is 63.9 Å². The lowest BCUT2D eigenvalue weighted by atomic mass is 9.93. The summed E-state index contributed by atoms with van der Waals surface area (Å²) in [6, 6.07) is 11.6. The summed E-state index contributed by atoms with van der Waals surface area (Å²) >= 11 is 0. The van der Waals surface area contributed by atoms with E-state index in [9.17, 15) is 27.1 Å². The number of carbonyl (C=O) groups excluding carboxylic acids is 1. The van der Waals surface area contributed by atoms with Gasteiger partial charge in [-0.15, -0.1) is 8.78 Å². The number of alkyl halides is 4. The molecule has 0 saturated carbocycles. The average Bonchev–Trinajstić information content (AvgIpc) is 3.79. The van der Waals surface area contributed by atoms with Crippen LogP contribution in [0.1, 0.15) is 17.1 Å². The van der Waals surface area contributed by atoms with E-state index in [2.05, 4.69) is 19.6 Å². The summed E-state index contributed by atoms with van der Waals surface area (Å²) < 4.78 is 121. The normalized spacial score (nSPS) is 15.6. The van der Waals surface area contributed by atoms with Crippen LogP contribution in [0.25, 0.3) is 45.0 Å². The van der Waals surface area contributed by atoms with Crippen LogP contribution in [0.5, 0.6) is 11.5 Å². The van der Waals surface area contributed by atoms with E-state index in [4.69, 9.17) is 9.15 Å².